The lowest BCUT2D eigenvalue weighted by atomic mass is 9.70. The molecule has 0 fully saturated rings. The minimum absolute atomic E-state index is 0.432. The molecule has 0 heterocycles. The summed E-state index contributed by atoms with van der Waals surface area (Å²) in [4.78, 5) is 2.57. The van der Waals surface area contributed by atoms with Crippen molar-refractivity contribution in [3.05, 3.63) is 281 Å². The largest absolute Gasteiger partial charge is 0.314 e. The number of fused-ring (bicyclic) bond motifs is 11. The van der Waals surface area contributed by atoms with Gasteiger partial charge in [0.15, 0.2) is 0 Å². The molecule has 0 saturated carbocycles. The first-order valence-corrected chi connectivity index (χ1v) is 23.5. The quantitative estimate of drug-likeness (QED) is 0.155. The van der Waals surface area contributed by atoms with Gasteiger partial charge >= 0.3 is 0 Å². The molecular formula is C65H47N. The molecule has 1 heteroatoms. The molecule has 0 bridgehead atoms. The van der Waals surface area contributed by atoms with Gasteiger partial charge in [0.05, 0.1) is 5.41 Å². The monoisotopic (exact) mass is 841 g/mol. The van der Waals surface area contributed by atoms with Gasteiger partial charge in [-0.15, -0.1) is 0 Å². The number of allylic oxidation sites excluding steroid dienone is 5. The Bertz CT molecular complexity index is 3410. The zero-order chi connectivity index (χ0) is 43.6. The van der Waals surface area contributed by atoms with Crippen molar-refractivity contribution in [1.82, 2.24) is 0 Å². The Labute approximate surface area is 388 Å². The number of benzene rings is 9. The third-order valence-electron chi connectivity index (χ3n) is 14.8. The average molecular weight is 842 g/mol. The first-order valence-electron chi connectivity index (χ1n) is 23.5. The lowest BCUT2D eigenvalue weighted by Crippen LogP contribution is -2.26. The maximum Gasteiger partial charge on any atom is 0.0726 e. The fraction of sp³-hybridized carbons (Fsp3) is 0.0769. The van der Waals surface area contributed by atoms with E-state index >= 15 is 0 Å². The highest BCUT2D eigenvalue weighted by atomic mass is 15.1. The van der Waals surface area contributed by atoms with Crippen LogP contribution in [0.4, 0.5) is 11.4 Å². The predicted molar refractivity (Wildman–Crippen MR) is 276 cm³/mol. The molecule has 1 spiro atoms. The Morgan fingerprint density at radius 2 is 0.803 bits per heavy atom. The molecule has 9 aromatic rings. The Hall–Kier alpha value is -8.00. The molecule has 0 amide bonds. The van der Waals surface area contributed by atoms with E-state index in [2.05, 4.69) is 242 Å². The lowest BCUT2D eigenvalue weighted by molar-refractivity contribution is 0.792. The summed E-state index contributed by atoms with van der Waals surface area (Å²) in [5.41, 5.74) is 26.9. The van der Waals surface area contributed by atoms with Crippen LogP contribution in [0, 0.1) is 0 Å². The third-order valence-corrected chi connectivity index (χ3v) is 14.8. The van der Waals surface area contributed by atoms with Gasteiger partial charge < -0.3 is 4.90 Å². The SMILES string of the molecule is C1=C(C2=Cc3ccccc3CC2)CCC(N(c2ccc(-c3ccccc3-c3ccccc3)c(-c3ccccc3)c2)c2ccc3c(c2)C2(c4ccccc4-c4ccccc42)c2ccccc2-3)=C1. The molecule has 0 aliphatic heterocycles. The minimum Gasteiger partial charge on any atom is -0.314 e. The van der Waals surface area contributed by atoms with E-state index in [0.29, 0.717) is 0 Å². The van der Waals surface area contributed by atoms with Gasteiger partial charge in [0.1, 0.15) is 0 Å². The molecule has 0 N–H and O–H groups in total. The van der Waals surface area contributed by atoms with Crippen molar-refractivity contribution in [2.24, 2.45) is 0 Å². The van der Waals surface area contributed by atoms with E-state index in [4.69, 9.17) is 0 Å². The summed E-state index contributed by atoms with van der Waals surface area (Å²) in [6, 6.07) is 81.4. The lowest BCUT2D eigenvalue weighted by Gasteiger charge is -2.34. The molecule has 13 rings (SSSR count). The van der Waals surface area contributed by atoms with Crippen molar-refractivity contribution in [2.75, 3.05) is 4.90 Å². The third kappa shape index (κ3) is 6.00. The van der Waals surface area contributed by atoms with Crippen molar-refractivity contribution in [3.8, 4) is 55.6 Å². The summed E-state index contributed by atoms with van der Waals surface area (Å²) < 4.78 is 0. The van der Waals surface area contributed by atoms with Crippen LogP contribution in [0.5, 0.6) is 0 Å². The van der Waals surface area contributed by atoms with E-state index in [-0.39, 0.29) is 0 Å². The van der Waals surface area contributed by atoms with Crippen molar-refractivity contribution in [3.63, 3.8) is 0 Å². The molecule has 0 radical (unpaired) electrons. The molecule has 4 aliphatic carbocycles. The van der Waals surface area contributed by atoms with Gasteiger partial charge in [-0.05, 0) is 156 Å². The maximum atomic E-state index is 2.57. The van der Waals surface area contributed by atoms with Crippen molar-refractivity contribution < 1.29 is 0 Å². The normalized spacial score (nSPS) is 14.8. The van der Waals surface area contributed by atoms with Crippen LogP contribution in [-0.2, 0) is 11.8 Å². The number of rotatable bonds is 7. The van der Waals surface area contributed by atoms with Crippen LogP contribution < -0.4 is 4.90 Å². The van der Waals surface area contributed by atoms with E-state index in [0.717, 1.165) is 31.4 Å². The fourth-order valence-electron chi connectivity index (χ4n) is 11.8. The Kier molecular flexibility index (Phi) is 9.10. The van der Waals surface area contributed by atoms with Crippen LogP contribution in [0.1, 0.15) is 52.6 Å². The van der Waals surface area contributed by atoms with Crippen LogP contribution in [0.3, 0.4) is 0 Å². The number of aryl methyl sites for hydroxylation is 1. The molecule has 1 nitrogen and oxygen atoms in total. The fourth-order valence-corrected chi connectivity index (χ4v) is 11.8. The predicted octanol–water partition coefficient (Wildman–Crippen LogP) is 16.8. The van der Waals surface area contributed by atoms with Gasteiger partial charge in [0, 0.05) is 17.1 Å². The first-order chi connectivity index (χ1) is 32.7. The second-order valence-electron chi connectivity index (χ2n) is 18.2. The highest BCUT2D eigenvalue weighted by molar-refractivity contribution is 5.97. The van der Waals surface area contributed by atoms with Crippen LogP contribution in [0.2, 0.25) is 0 Å². The summed E-state index contributed by atoms with van der Waals surface area (Å²) in [6.07, 6.45) is 11.4. The zero-order valence-electron chi connectivity index (χ0n) is 36.8. The molecule has 4 aliphatic rings. The number of hydrogen-bond donors (Lipinski definition) is 0. The summed E-state index contributed by atoms with van der Waals surface area (Å²) in [7, 11) is 0. The van der Waals surface area contributed by atoms with Gasteiger partial charge in [-0.3, -0.25) is 0 Å². The molecule has 9 aromatic carbocycles. The van der Waals surface area contributed by atoms with Gasteiger partial charge in [-0.2, -0.15) is 0 Å². The van der Waals surface area contributed by atoms with Gasteiger partial charge in [-0.25, -0.2) is 0 Å². The second-order valence-corrected chi connectivity index (χ2v) is 18.2. The number of hydrogen-bond acceptors (Lipinski definition) is 1. The summed E-state index contributed by atoms with van der Waals surface area (Å²) in [6.45, 7) is 0. The van der Waals surface area contributed by atoms with E-state index < -0.39 is 5.41 Å². The zero-order valence-corrected chi connectivity index (χ0v) is 36.8. The maximum absolute atomic E-state index is 2.57. The molecule has 312 valence electrons. The molecule has 0 saturated heterocycles. The Balaban J connectivity index is 1.03. The summed E-state index contributed by atoms with van der Waals surface area (Å²) in [5.74, 6) is 0. The molecular weight excluding hydrogens is 795 g/mol. The van der Waals surface area contributed by atoms with Crippen LogP contribution in [-0.4, -0.2) is 0 Å². The van der Waals surface area contributed by atoms with Crippen LogP contribution >= 0.6 is 0 Å². The topological polar surface area (TPSA) is 3.24 Å². The molecule has 66 heavy (non-hydrogen) atoms. The average Bonchev–Trinajstić information content (AvgIpc) is 3.86. The summed E-state index contributed by atoms with van der Waals surface area (Å²) >= 11 is 0. The number of nitrogens with zero attached hydrogens (tertiary/aromatic N) is 1. The van der Waals surface area contributed by atoms with Gasteiger partial charge in [0.2, 0.25) is 0 Å². The molecule has 0 atom stereocenters. The first kappa shape index (κ1) is 38.5. The van der Waals surface area contributed by atoms with Gasteiger partial charge in [-0.1, -0.05) is 206 Å². The smallest absolute Gasteiger partial charge is 0.0726 e. The minimum atomic E-state index is -0.432. The van der Waals surface area contributed by atoms with Crippen LogP contribution in [0.15, 0.2) is 247 Å². The molecule has 0 unspecified atom stereocenters. The van der Waals surface area contributed by atoms with E-state index in [9.17, 15) is 0 Å². The highest BCUT2D eigenvalue weighted by Crippen LogP contribution is 2.63. The Morgan fingerprint density at radius 3 is 1.44 bits per heavy atom. The highest BCUT2D eigenvalue weighted by Gasteiger charge is 2.51. The van der Waals surface area contributed by atoms with Crippen molar-refractivity contribution in [2.45, 2.75) is 31.1 Å². The van der Waals surface area contributed by atoms with E-state index in [1.165, 1.54) is 112 Å². The van der Waals surface area contributed by atoms with E-state index in [1.807, 2.05) is 0 Å². The second kappa shape index (κ2) is 15.6. The molecule has 0 aromatic heterocycles. The standard InChI is InChI=1S/C65H47N/c1-3-18-46(19-4-1)53-23-9-10-24-54(53)55-39-37-51(42-60(55)47-20-5-2-6-21-47)66(50-35-33-45(34-36-50)49-32-31-44-17-7-8-22-48(44)41-49)52-38-40-59-58-27-13-16-30-63(58)65(64(59)43-52)61-28-14-11-25-56(61)57-26-12-15-29-62(57)65/h1-30,33,35,37-43H,31-32,34,36H2. The van der Waals surface area contributed by atoms with Crippen molar-refractivity contribution >= 4 is 17.5 Å². The Morgan fingerprint density at radius 1 is 0.318 bits per heavy atom. The van der Waals surface area contributed by atoms with Crippen LogP contribution in [0.25, 0.3) is 61.7 Å². The van der Waals surface area contributed by atoms with Gasteiger partial charge in [0.25, 0.3) is 0 Å². The van der Waals surface area contributed by atoms with Crippen molar-refractivity contribution in [1.29, 1.82) is 0 Å². The summed E-state index contributed by atoms with van der Waals surface area (Å²) in [5, 5.41) is 0. The van der Waals surface area contributed by atoms with E-state index in [1.54, 1.807) is 0 Å². The number of anilines is 2.